The normalized spacial score (nSPS) is 10.7. The Morgan fingerprint density at radius 1 is 0.291 bits per heavy atom. The maximum Gasteiger partial charge on any atom is 0.193 e. The number of aryl methyl sites for hydroxylation is 1. The molecule has 7 aromatic carbocycles. The Kier molecular flexibility index (Phi) is 10.5. The number of methoxy groups -OCH3 is 1. The van der Waals surface area contributed by atoms with Crippen LogP contribution < -0.4 is 14.2 Å². The van der Waals surface area contributed by atoms with E-state index in [4.69, 9.17) is 14.2 Å². The smallest absolute Gasteiger partial charge is 0.193 e. The first-order valence-corrected chi connectivity index (χ1v) is 17.5. The highest BCUT2D eigenvalue weighted by atomic mass is 16.5. The molecule has 0 saturated carbocycles. The molecule has 0 aromatic heterocycles. The molecule has 0 aliphatic rings. The van der Waals surface area contributed by atoms with Gasteiger partial charge in [0, 0.05) is 44.5 Å². The second kappa shape index (κ2) is 16.1. The average molecular weight is 723 g/mol. The highest BCUT2D eigenvalue weighted by Gasteiger charge is 2.15. The summed E-state index contributed by atoms with van der Waals surface area (Å²) in [5.74, 6) is 2.38. The minimum Gasteiger partial charge on any atom is -0.497 e. The van der Waals surface area contributed by atoms with Gasteiger partial charge in [-0.3, -0.25) is 19.2 Å². The quantitative estimate of drug-likeness (QED) is 0.109. The molecule has 7 heteroatoms. The molecule has 0 bridgehead atoms. The largest absolute Gasteiger partial charge is 0.497 e. The fraction of sp³-hybridized carbons (Fsp3) is 0.0417. The van der Waals surface area contributed by atoms with Gasteiger partial charge >= 0.3 is 0 Å². The van der Waals surface area contributed by atoms with Crippen LogP contribution in [0.1, 0.15) is 69.2 Å². The zero-order chi connectivity index (χ0) is 38.3. The summed E-state index contributed by atoms with van der Waals surface area (Å²) in [5.41, 5.74) is 5.00. The SMILES string of the molecule is COc1ccc(Oc2ccc(C(=O)c3ccc(C(=O)c4ccc(Oc5ccc(C(=O)c6ccc(C(=O)c7ccc(C)cc7)cc6)cc5)cc4)cc3)cc2)cc1. The van der Waals surface area contributed by atoms with Crippen molar-refractivity contribution in [3.63, 3.8) is 0 Å². The number of carbonyl (C=O) groups is 4. The van der Waals surface area contributed by atoms with E-state index in [0.29, 0.717) is 67.5 Å². The summed E-state index contributed by atoms with van der Waals surface area (Å²) in [6.07, 6.45) is 0. The third-order valence-electron chi connectivity index (χ3n) is 9.01. The van der Waals surface area contributed by atoms with Crippen LogP contribution in [0, 0.1) is 6.92 Å². The van der Waals surface area contributed by atoms with Crippen molar-refractivity contribution < 1.29 is 33.4 Å². The van der Waals surface area contributed by atoms with Crippen LogP contribution in [0.25, 0.3) is 0 Å². The van der Waals surface area contributed by atoms with Crippen LogP contribution >= 0.6 is 0 Å². The van der Waals surface area contributed by atoms with Crippen molar-refractivity contribution in [3.8, 4) is 28.7 Å². The molecule has 268 valence electrons. The van der Waals surface area contributed by atoms with Gasteiger partial charge in [-0.2, -0.15) is 0 Å². The number of ketones is 4. The van der Waals surface area contributed by atoms with Gasteiger partial charge in [-0.15, -0.1) is 0 Å². The van der Waals surface area contributed by atoms with Gasteiger partial charge in [-0.1, -0.05) is 78.4 Å². The van der Waals surface area contributed by atoms with Crippen molar-refractivity contribution in [1.29, 1.82) is 0 Å². The molecule has 0 saturated heterocycles. The molecule has 0 atom stereocenters. The van der Waals surface area contributed by atoms with Crippen LogP contribution in [0.3, 0.4) is 0 Å². The highest BCUT2D eigenvalue weighted by molar-refractivity contribution is 6.13. The van der Waals surface area contributed by atoms with Crippen molar-refractivity contribution in [3.05, 3.63) is 220 Å². The highest BCUT2D eigenvalue weighted by Crippen LogP contribution is 2.26. The molecule has 7 nitrogen and oxygen atoms in total. The van der Waals surface area contributed by atoms with Crippen molar-refractivity contribution >= 4 is 23.1 Å². The van der Waals surface area contributed by atoms with E-state index in [9.17, 15) is 19.2 Å². The Morgan fingerprint density at radius 3 is 0.709 bits per heavy atom. The van der Waals surface area contributed by atoms with Gasteiger partial charge in [0.2, 0.25) is 0 Å². The van der Waals surface area contributed by atoms with Gasteiger partial charge in [-0.25, -0.2) is 0 Å². The van der Waals surface area contributed by atoms with Gasteiger partial charge < -0.3 is 14.2 Å². The lowest BCUT2D eigenvalue weighted by Crippen LogP contribution is -2.04. The van der Waals surface area contributed by atoms with E-state index in [2.05, 4.69) is 0 Å². The number of hydrogen-bond acceptors (Lipinski definition) is 7. The minimum absolute atomic E-state index is 0.0998. The third-order valence-corrected chi connectivity index (χ3v) is 9.01. The average Bonchev–Trinajstić information content (AvgIpc) is 3.24. The predicted molar refractivity (Wildman–Crippen MR) is 210 cm³/mol. The van der Waals surface area contributed by atoms with Gasteiger partial charge in [0.1, 0.15) is 28.7 Å². The summed E-state index contributed by atoms with van der Waals surface area (Å²) in [6.45, 7) is 1.97. The summed E-state index contributed by atoms with van der Waals surface area (Å²) < 4.78 is 17.0. The van der Waals surface area contributed by atoms with Crippen LogP contribution in [-0.2, 0) is 0 Å². The molecule has 7 rings (SSSR count). The number of benzene rings is 7. The Labute approximate surface area is 318 Å². The Morgan fingerprint density at radius 2 is 0.473 bits per heavy atom. The second-order valence-electron chi connectivity index (χ2n) is 12.8. The first-order chi connectivity index (χ1) is 26.7. The molecule has 0 radical (unpaired) electrons. The summed E-state index contributed by atoms with van der Waals surface area (Å²) in [6, 6.07) is 48.2. The molecule has 0 fully saturated rings. The van der Waals surface area contributed by atoms with E-state index in [1.807, 2.05) is 19.1 Å². The number of carbonyl (C=O) groups excluding carboxylic acids is 4. The molecular formula is C48H34O7. The van der Waals surface area contributed by atoms with E-state index in [1.165, 1.54) is 0 Å². The van der Waals surface area contributed by atoms with Crippen molar-refractivity contribution in [2.45, 2.75) is 6.92 Å². The summed E-state index contributed by atoms with van der Waals surface area (Å²) in [5, 5.41) is 0. The Bertz CT molecular complexity index is 2460. The number of rotatable bonds is 13. The van der Waals surface area contributed by atoms with Gasteiger partial charge in [-0.05, 0) is 104 Å². The first-order valence-electron chi connectivity index (χ1n) is 17.5. The van der Waals surface area contributed by atoms with Gasteiger partial charge in [0.15, 0.2) is 23.1 Å². The number of ether oxygens (including phenoxy) is 3. The molecule has 55 heavy (non-hydrogen) atoms. The van der Waals surface area contributed by atoms with Crippen LogP contribution in [0.5, 0.6) is 28.7 Å². The lowest BCUT2D eigenvalue weighted by atomic mass is 9.98. The summed E-state index contributed by atoms with van der Waals surface area (Å²) >= 11 is 0. The molecule has 0 spiro atoms. The number of hydrogen-bond donors (Lipinski definition) is 0. The molecule has 0 unspecified atom stereocenters. The Balaban J connectivity index is 0.925. The fourth-order valence-corrected chi connectivity index (χ4v) is 5.86. The van der Waals surface area contributed by atoms with Crippen molar-refractivity contribution in [2.75, 3.05) is 7.11 Å². The fourth-order valence-electron chi connectivity index (χ4n) is 5.86. The zero-order valence-corrected chi connectivity index (χ0v) is 30.0. The third kappa shape index (κ3) is 8.48. The summed E-state index contributed by atoms with van der Waals surface area (Å²) in [7, 11) is 1.60. The molecule has 0 amide bonds. The van der Waals surface area contributed by atoms with Crippen LogP contribution in [0.2, 0.25) is 0 Å². The van der Waals surface area contributed by atoms with Gasteiger partial charge in [0.25, 0.3) is 0 Å². The molecule has 0 N–H and O–H groups in total. The summed E-state index contributed by atoms with van der Waals surface area (Å²) in [4.78, 5) is 52.3. The van der Waals surface area contributed by atoms with E-state index in [1.54, 1.807) is 165 Å². The Hall–Kier alpha value is -7.38. The monoisotopic (exact) mass is 722 g/mol. The van der Waals surface area contributed by atoms with E-state index in [0.717, 1.165) is 11.3 Å². The minimum atomic E-state index is -0.194. The first kappa shape index (κ1) is 36.0. The van der Waals surface area contributed by atoms with Crippen molar-refractivity contribution in [1.82, 2.24) is 0 Å². The predicted octanol–water partition coefficient (Wildman–Crippen LogP) is 10.5. The van der Waals surface area contributed by atoms with E-state index < -0.39 is 0 Å². The molecular weight excluding hydrogens is 689 g/mol. The van der Waals surface area contributed by atoms with Crippen LogP contribution in [0.15, 0.2) is 170 Å². The second-order valence-corrected chi connectivity index (χ2v) is 12.8. The van der Waals surface area contributed by atoms with E-state index in [-0.39, 0.29) is 23.1 Å². The van der Waals surface area contributed by atoms with Gasteiger partial charge in [0.05, 0.1) is 7.11 Å². The van der Waals surface area contributed by atoms with E-state index >= 15 is 0 Å². The molecule has 7 aromatic rings. The lowest BCUT2D eigenvalue weighted by molar-refractivity contribution is 0.102. The zero-order valence-electron chi connectivity index (χ0n) is 30.0. The topological polar surface area (TPSA) is 96.0 Å². The van der Waals surface area contributed by atoms with Crippen LogP contribution in [-0.4, -0.2) is 30.2 Å². The van der Waals surface area contributed by atoms with Crippen molar-refractivity contribution in [2.24, 2.45) is 0 Å². The maximum atomic E-state index is 13.2. The molecule has 0 aliphatic heterocycles. The maximum absolute atomic E-state index is 13.2. The standard InChI is InChI=1S/C48H34O7/c1-31-3-5-32(6-4-31)45(49)33-7-9-34(10-8-33)46(50)37-15-21-41(22-16-37)54-42-23-17-38(18-24-42)47(51)35-11-13-36(14-12-35)48(52)39-19-25-43(26-20-39)55-44-29-27-40(53-2)28-30-44/h3-30H,1-2H3. The molecule has 0 aliphatic carbocycles. The molecule has 0 heterocycles. The lowest BCUT2D eigenvalue weighted by Gasteiger charge is -2.09. The van der Waals surface area contributed by atoms with Crippen LogP contribution in [0.4, 0.5) is 0 Å².